The van der Waals surface area contributed by atoms with Gasteiger partial charge in [0, 0.05) is 29.1 Å². The molecule has 3 aromatic carbocycles. The summed E-state index contributed by atoms with van der Waals surface area (Å²) in [6.07, 6.45) is 4.64. The maximum Gasteiger partial charge on any atom is 0.243 e. The molecule has 1 aliphatic carbocycles. The monoisotopic (exact) mass is 508 g/mol. The molecule has 182 valence electrons. The fourth-order valence-electron chi connectivity index (χ4n) is 4.66. The van der Waals surface area contributed by atoms with Gasteiger partial charge >= 0.3 is 0 Å². The predicted octanol–water partition coefficient (Wildman–Crippen LogP) is 6.23. The molecule has 1 saturated carbocycles. The highest BCUT2D eigenvalue weighted by Crippen LogP contribution is 2.26. The van der Waals surface area contributed by atoms with Crippen LogP contribution in [0.5, 0.6) is 0 Å². The maximum absolute atomic E-state index is 13.8. The first kappa shape index (κ1) is 25.3. The van der Waals surface area contributed by atoms with Gasteiger partial charge in [-0.25, -0.2) is 0 Å². The number of rotatable bonds is 9. The second-order valence-corrected chi connectivity index (χ2v) is 9.89. The Hall–Kier alpha value is -2.82. The summed E-state index contributed by atoms with van der Waals surface area (Å²) in [6.45, 7) is 0.317. The molecule has 0 aliphatic heterocycles. The largest absolute Gasteiger partial charge is 0.352 e. The van der Waals surface area contributed by atoms with Gasteiger partial charge in [0.2, 0.25) is 11.8 Å². The fourth-order valence-corrected chi connectivity index (χ4v) is 5.19. The lowest BCUT2D eigenvalue weighted by Crippen LogP contribution is -2.52. The molecule has 4 rings (SSSR count). The van der Waals surface area contributed by atoms with Crippen molar-refractivity contribution in [2.45, 2.75) is 57.2 Å². The Labute approximate surface area is 217 Å². The van der Waals surface area contributed by atoms with E-state index >= 15 is 0 Å². The van der Waals surface area contributed by atoms with Gasteiger partial charge in [-0.2, -0.15) is 0 Å². The number of hydrogen-bond acceptors (Lipinski definition) is 2. The van der Waals surface area contributed by atoms with E-state index in [4.69, 9.17) is 23.2 Å². The molecule has 1 N–H and O–H groups in total. The Kier molecular flexibility index (Phi) is 8.84. The lowest BCUT2D eigenvalue weighted by molar-refractivity contribution is -0.141. The molecule has 1 fully saturated rings. The Morgan fingerprint density at radius 3 is 2.00 bits per heavy atom. The topological polar surface area (TPSA) is 49.4 Å². The van der Waals surface area contributed by atoms with E-state index in [1.807, 2.05) is 60.7 Å². The van der Waals surface area contributed by atoms with Crippen molar-refractivity contribution < 1.29 is 9.59 Å². The number of nitrogens with one attached hydrogen (secondary N) is 1. The van der Waals surface area contributed by atoms with Crippen molar-refractivity contribution in [3.05, 3.63) is 106 Å². The van der Waals surface area contributed by atoms with Crippen LogP contribution in [0, 0.1) is 0 Å². The first-order chi connectivity index (χ1) is 17.0. The molecule has 0 unspecified atom stereocenters. The van der Waals surface area contributed by atoms with Crippen molar-refractivity contribution in [2.75, 3.05) is 0 Å². The van der Waals surface area contributed by atoms with Crippen molar-refractivity contribution in [3.63, 3.8) is 0 Å². The van der Waals surface area contributed by atoms with Crippen LogP contribution in [0.4, 0.5) is 0 Å². The Morgan fingerprint density at radius 1 is 0.829 bits per heavy atom. The van der Waals surface area contributed by atoms with E-state index in [1.54, 1.807) is 23.1 Å². The summed E-state index contributed by atoms with van der Waals surface area (Å²) in [5.74, 6) is -0.304. The molecule has 1 atom stereocenters. The minimum absolute atomic E-state index is 0.0212. The zero-order chi connectivity index (χ0) is 24.6. The molecule has 0 radical (unpaired) electrons. The van der Waals surface area contributed by atoms with Gasteiger partial charge in [-0.15, -0.1) is 0 Å². The van der Waals surface area contributed by atoms with Crippen LogP contribution in [-0.2, 0) is 29.0 Å². The first-order valence-electron chi connectivity index (χ1n) is 12.1. The van der Waals surface area contributed by atoms with E-state index in [1.165, 1.54) is 0 Å². The van der Waals surface area contributed by atoms with Crippen molar-refractivity contribution in [2.24, 2.45) is 0 Å². The van der Waals surface area contributed by atoms with Crippen LogP contribution >= 0.6 is 23.2 Å². The number of benzene rings is 3. The van der Waals surface area contributed by atoms with E-state index in [0.717, 1.165) is 36.8 Å². The molecule has 0 spiro atoms. The second-order valence-electron chi connectivity index (χ2n) is 9.08. The minimum Gasteiger partial charge on any atom is -0.352 e. The van der Waals surface area contributed by atoms with Gasteiger partial charge in [0.25, 0.3) is 0 Å². The van der Waals surface area contributed by atoms with E-state index < -0.39 is 6.04 Å². The number of amides is 2. The lowest BCUT2D eigenvalue weighted by Gasteiger charge is -2.32. The summed E-state index contributed by atoms with van der Waals surface area (Å²) in [7, 11) is 0. The molecule has 4 nitrogen and oxygen atoms in total. The van der Waals surface area contributed by atoms with Gasteiger partial charge in [-0.3, -0.25) is 9.59 Å². The normalized spacial score (nSPS) is 14.5. The first-order valence-corrected chi connectivity index (χ1v) is 12.9. The fraction of sp³-hybridized carbons (Fsp3) is 0.310. The molecule has 2 amide bonds. The molecule has 35 heavy (non-hydrogen) atoms. The molecular weight excluding hydrogens is 479 g/mol. The third-order valence-corrected chi connectivity index (χ3v) is 7.27. The molecule has 0 bridgehead atoms. The quantitative estimate of drug-likeness (QED) is 0.372. The summed E-state index contributed by atoms with van der Waals surface area (Å²) in [5, 5.41) is 4.11. The summed E-state index contributed by atoms with van der Waals surface area (Å²) >= 11 is 12.8. The Bertz CT molecular complexity index is 1110. The molecule has 3 aromatic rings. The predicted molar refractivity (Wildman–Crippen MR) is 141 cm³/mol. The molecular formula is C29H30Cl2N2O2. The summed E-state index contributed by atoms with van der Waals surface area (Å²) in [4.78, 5) is 29.2. The third-order valence-electron chi connectivity index (χ3n) is 6.56. The van der Waals surface area contributed by atoms with Gasteiger partial charge in [0.05, 0.1) is 6.42 Å². The van der Waals surface area contributed by atoms with Crippen molar-refractivity contribution in [3.8, 4) is 0 Å². The van der Waals surface area contributed by atoms with Gasteiger partial charge in [0.1, 0.15) is 6.04 Å². The average molecular weight is 509 g/mol. The number of carbonyl (C=O) groups excluding carboxylic acids is 2. The lowest BCUT2D eigenvalue weighted by atomic mass is 10.0. The summed E-state index contributed by atoms with van der Waals surface area (Å²) < 4.78 is 0. The van der Waals surface area contributed by atoms with Crippen LogP contribution in [0.3, 0.4) is 0 Å². The summed E-state index contributed by atoms with van der Waals surface area (Å²) in [5.41, 5.74) is 2.53. The molecule has 6 heteroatoms. The zero-order valence-corrected chi connectivity index (χ0v) is 21.1. The standard InChI is InChI=1S/C29H30Cl2N2O2/c30-25-16-9-17-26(31)24(25)19-28(34)33(20-22-12-5-2-6-13-22)27(18-21-10-3-1-4-11-21)29(35)32-23-14-7-8-15-23/h1-6,9-13,16-17,23,27H,7-8,14-15,18-20H2,(H,32,35)/t27-/m1/s1. The maximum atomic E-state index is 13.8. The van der Waals surface area contributed by atoms with Gasteiger partial charge < -0.3 is 10.2 Å². The highest BCUT2D eigenvalue weighted by molar-refractivity contribution is 6.36. The molecule has 0 saturated heterocycles. The zero-order valence-electron chi connectivity index (χ0n) is 19.6. The van der Waals surface area contributed by atoms with E-state index in [0.29, 0.717) is 28.6 Å². The van der Waals surface area contributed by atoms with Gasteiger partial charge in [0.15, 0.2) is 0 Å². The van der Waals surface area contributed by atoms with Crippen LogP contribution in [0.25, 0.3) is 0 Å². The van der Waals surface area contributed by atoms with E-state index in [2.05, 4.69) is 5.32 Å². The minimum atomic E-state index is -0.660. The second kappa shape index (κ2) is 12.2. The molecule has 0 heterocycles. The SMILES string of the molecule is O=C(NC1CCCC1)[C@@H](Cc1ccccc1)N(Cc1ccccc1)C(=O)Cc1c(Cl)cccc1Cl. The van der Waals surface area contributed by atoms with Crippen molar-refractivity contribution in [1.82, 2.24) is 10.2 Å². The van der Waals surface area contributed by atoms with Gasteiger partial charge in [-0.05, 0) is 41.7 Å². The number of halogens is 2. The van der Waals surface area contributed by atoms with Crippen molar-refractivity contribution >= 4 is 35.0 Å². The summed E-state index contributed by atoms with van der Waals surface area (Å²) in [6, 6.07) is 24.3. The molecule has 1 aliphatic rings. The average Bonchev–Trinajstić information content (AvgIpc) is 3.38. The highest BCUT2D eigenvalue weighted by Gasteiger charge is 2.32. The van der Waals surface area contributed by atoms with Crippen molar-refractivity contribution in [1.29, 1.82) is 0 Å². The number of carbonyl (C=O) groups is 2. The smallest absolute Gasteiger partial charge is 0.243 e. The Balaban J connectivity index is 1.67. The van der Waals surface area contributed by atoms with E-state index in [-0.39, 0.29) is 24.3 Å². The molecule has 0 aromatic heterocycles. The van der Waals surface area contributed by atoms with Crippen LogP contribution in [-0.4, -0.2) is 28.8 Å². The van der Waals surface area contributed by atoms with Crippen LogP contribution in [0.1, 0.15) is 42.4 Å². The van der Waals surface area contributed by atoms with Crippen LogP contribution in [0.15, 0.2) is 78.9 Å². The van der Waals surface area contributed by atoms with Crippen LogP contribution < -0.4 is 5.32 Å². The van der Waals surface area contributed by atoms with Crippen LogP contribution in [0.2, 0.25) is 10.0 Å². The highest BCUT2D eigenvalue weighted by atomic mass is 35.5. The van der Waals surface area contributed by atoms with E-state index in [9.17, 15) is 9.59 Å². The van der Waals surface area contributed by atoms with Gasteiger partial charge in [-0.1, -0.05) is 103 Å². The number of hydrogen-bond donors (Lipinski definition) is 1. The number of nitrogens with zero attached hydrogens (tertiary/aromatic N) is 1. The third kappa shape index (κ3) is 6.87. The Morgan fingerprint density at radius 2 is 1.40 bits per heavy atom.